The SMILES string of the molecule is CCc1nn(C)c2c1nc(N)n2CC1CCCCC1C. The van der Waals surface area contributed by atoms with Crippen LogP contribution in [-0.4, -0.2) is 19.3 Å². The number of nitrogens with zero attached hydrogens (tertiary/aromatic N) is 4. The summed E-state index contributed by atoms with van der Waals surface area (Å²) in [5.74, 6) is 2.13. The van der Waals surface area contributed by atoms with Crippen molar-refractivity contribution in [2.24, 2.45) is 18.9 Å². The topological polar surface area (TPSA) is 61.7 Å². The molecule has 1 saturated carbocycles. The van der Waals surface area contributed by atoms with Gasteiger partial charge in [-0.2, -0.15) is 5.10 Å². The largest absolute Gasteiger partial charge is 0.369 e. The summed E-state index contributed by atoms with van der Waals surface area (Å²) in [6.07, 6.45) is 6.26. The molecule has 2 aromatic rings. The first kappa shape index (κ1) is 13.5. The maximum atomic E-state index is 6.16. The average molecular weight is 275 g/mol. The molecule has 0 spiro atoms. The zero-order chi connectivity index (χ0) is 14.3. The molecule has 0 saturated heterocycles. The molecule has 5 nitrogen and oxygen atoms in total. The molecule has 1 aliphatic rings. The van der Waals surface area contributed by atoms with Crippen molar-refractivity contribution in [2.45, 2.75) is 52.5 Å². The number of nitrogens with two attached hydrogens (primary N) is 1. The smallest absolute Gasteiger partial charge is 0.202 e. The van der Waals surface area contributed by atoms with Gasteiger partial charge in [-0.25, -0.2) is 4.98 Å². The lowest BCUT2D eigenvalue weighted by Gasteiger charge is -2.29. The van der Waals surface area contributed by atoms with Crippen molar-refractivity contribution >= 4 is 17.1 Å². The Labute approximate surface area is 120 Å². The van der Waals surface area contributed by atoms with Gasteiger partial charge in [-0.1, -0.05) is 33.1 Å². The Morgan fingerprint density at radius 3 is 2.75 bits per heavy atom. The van der Waals surface area contributed by atoms with Gasteiger partial charge in [-0.15, -0.1) is 0 Å². The summed E-state index contributed by atoms with van der Waals surface area (Å²) in [4.78, 5) is 4.55. The molecule has 2 heterocycles. The molecule has 20 heavy (non-hydrogen) atoms. The van der Waals surface area contributed by atoms with Crippen LogP contribution in [0.4, 0.5) is 5.95 Å². The summed E-state index contributed by atoms with van der Waals surface area (Å²) >= 11 is 0. The van der Waals surface area contributed by atoms with E-state index in [4.69, 9.17) is 5.73 Å². The Morgan fingerprint density at radius 1 is 1.30 bits per heavy atom. The van der Waals surface area contributed by atoms with E-state index in [1.165, 1.54) is 25.7 Å². The van der Waals surface area contributed by atoms with Crippen LogP contribution >= 0.6 is 0 Å². The third-order valence-corrected chi connectivity index (χ3v) is 4.86. The normalized spacial score (nSPS) is 23.6. The first-order valence-electron chi connectivity index (χ1n) is 7.79. The van der Waals surface area contributed by atoms with Crippen LogP contribution in [0, 0.1) is 11.8 Å². The highest BCUT2D eigenvalue weighted by Crippen LogP contribution is 2.32. The van der Waals surface area contributed by atoms with Crippen LogP contribution in [0.2, 0.25) is 0 Å². The summed E-state index contributed by atoms with van der Waals surface area (Å²) in [7, 11) is 1.99. The maximum Gasteiger partial charge on any atom is 0.202 e. The molecule has 5 heteroatoms. The summed E-state index contributed by atoms with van der Waals surface area (Å²) in [5.41, 5.74) is 9.27. The molecule has 2 N–H and O–H groups in total. The van der Waals surface area contributed by atoms with Gasteiger partial charge in [0.15, 0.2) is 5.65 Å². The molecular weight excluding hydrogens is 250 g/mol. The highest BCUT2D eigenvalue weighted by atomic mass is 15.3. The minimum atomic E-state index is 0.639. The second kappa shape index (κ2) is 5.11. The van der Waals surface area contributed by atoms with Gasteiger partial charge in [0.2, 0.25) is 5.95 Å². The van der Waals surface area contributed by atoms with Crippen molar-refractivity contribution in [3.63, 3.8) is 0 Å². The number of aromatic nitrogens is 4. The fourth-order valence-corrected chi connectivity index (χ4v) is 3.58. The zero-order valence-corrected chi connectivity index (χ0v) is 12.8. The van der Waals surface area contributed by atoms with Crippen molar-refractivity contribution in [1.82, 2.24) is 19.3 Å². The lowest BCUT2D eigenvalue weighted by atomic mass is 9.80. The van der Waals surface area contributed by atoms with Gasteiger partial charge in [-0.3, -0.25) is 9.25 Å². The molecule has 3 rings (SSSR count). The van der Waals surface area contributed by atoms with Crippen LogP contribution in [0.5, 0.6) is 0 Å². The number of nitrogen functional groups attached to an aromatic ring is 1. The molecule has 1 aliphatic carbocycles. The Hall–Kier alpha value is -1.52. The molecular formula is C15H25N5. The van der Waals surface area contributed by atoms with Crippen molar-refractivity contribution in [2.75, 3.05) is 5.73 Å². The van der Waals surface area contributed by atoms with Gasteiger partial charge in [-0.05, 0) is 24.7 Å². The minimum Gasteiger partial charge on any atom is -0.369 e. The van der Waals surface area contributed by atoms with Crippen molar-refractivity contribution in [3.8, 4) is 0 Å². The first-order valence-corrected chi connectivity index (χ1v) is 7.79. The second-order valence-corrected chi connectivity index (χ2v) is 6.20. The number of imidazole rings is 1. The molecule has 0 aliphatic heterocycles. The molecule has 2 atom stereocenters. The third kappa shape index (κ3) is 2.09. The van der Waals surface area contributed by atoms with E-state index < -0.39 is 0 Å². The third-order valence-electron chi connectivity index (χ3n) is 4.86. The highest BCUT2D eigenvalue weighted by Gasteiger charge is 2.25. The average Bonchev–Trinajstić information content (AvgIpc) is 2.91. The summed E-state index contributed by atoms with van der Waals surface area (Å²) in [6, 6.07) is 0. The molecule has 110 valence electrons. The molecule has 0 radical (unpaired) electrons. The van der Waals surface area contributed by atoms with Crippen LogP contribution in [0.15, 0.2) is 0 Å². The van der Waals surface area contributed by atoms with E-state index in [0.29, 0.717) is 11.9 Å². The Kier molecular flexibility index (Phi) is 3.44. The number of hydrogen-bond donors (Lipinski definition) is 1. The van der Waals surface area contributed by atoms with Crippen LogP contribution < -0.4 is 5.73 Å². The van der Waals surface area contributed by atoms with Crippen LogP contribution in [-0.2, 0) is 20.0 Å². The number of anilines is 1. The summed E-state index contributed by atoms with van der Waals surface area (Å²) in [6.45, 7) is 5.46. The Morgan fingerprint density at radius 2 is 2.05 bits per heavy atom. The van der Waals surface area contributed by atoms with Crippen molar-refractivity contribution in [3.05, 3.63) is 5.69 Å². The van der Waals surface area contributed by atoms with Crippen molar-refractivity contribution < 1.29 is 0 Å². The van der Waals surface area contributed by atoms with E-state index in [0.717, 1.165) is 35.7 Å². The van der Waals surface area contributed by atoms with Gasteiger partial charge in [0.05, 0.1) is 5.69 Å². The van der Waals surface area contributed by atoms with Crippen LogP contribution in [0.1, 0.15) is 45.2 Å². The van der Waals surface area contributed by atoms with Crippen LogP contribution in [0.25, 0.3) is 11.2 Å². The zero-order valence-electron chi connectivity index (χ0n) is 12.8. The fourth-order valence-electron chi connectivity index (χ4n) is 3.58. The maximum absolute atomic E-state index is 6.16. The molecule has 1 fully saturated rings. The van der Waals surface area contributed by atoms with Gasteiger partial charge in [0.1, 0.15) is 5.52 Å². The van der Waals surface area contributed by atoms with Crippen LogP contribution in [0.3, 0.4) is 0 Å². The highest BCUT2D eigenvalue weighted by molar-refractivity contribution is 5.77. The lowest BCUT2D eigenvalue weighted by Crippen LogP contribution is -2.23. The first-order chi connectivity index (χ1) is 9.61. The lowest BCUT2D eigenvalue weighted by molar-refractivity contribution is 0.231. The van der Waals surface area contributed by atoms with E-state index in [2.05, 4.69) is 28.5 Å². The predicted molar refractivity (Wildman–Crippen MR) is 81.4 cm³/mol. The van der Waals surface area contributed by atoms with Gasteiger partial charge < -0.3 is 5.73 Å². The number of rotatable bonds is 3. The monoisotopic (exact) mass is 275 g/mol. The second-order valence-electron chi connectivity index (χ2n) is 6.20. The quantitative estimate of drug-likeness (QED) is 0.937. The van der Waals surface area contributed by atoms with E-state index >= 15 is 0 Å². The number of aryl methyl sites for hydroxylation is 2. The predicted octanol–water partition coefficient (Wildman–Crippen LogP) is 2.74. The standard InChI is InChI=1S/C15H25N5/c1-4-12-13-14(19(3)18-12)20(15(16)17-13)9-11-8-6-5-7-10(11)2/h10-11H,4-9H2,1-3H3,(H2,16,17). The van der Waals surface area contributed by atoms with Crippen molar-refractivity contribution in [1.29, 1.82) is 0 Å². The van der Waals surface area contributed by atoms with E-state index in [-0.39, 0.29) is 0 Å². The van der Waals surface area contributed by atoms with Gasteiger partial charge in [0, 0.05) is 13.6 Å². The van der Waals surface area contributed by atoms with E-state index in [1.807, 2.05) is 11.7 Å². The number of fused-ring (bicyclic) bond motifs is 1. The minimum absolute atomic E-state index is 0.639. The molecule has 0 amide bonds. The van der Waals surface area contributed by atoms with E-state index in [9.17, 15) is 0 Å². The molecule has 0 bridgehead atoms. The van der Waals surface area contributed by atoms with Gasteiger partial charge in [0.25, 0.3) is 0 Å². The van der Waals surface area contributed by atoms with E-state index in [1.54, 1.807) is 0 Å². The summed E-state index contributed by atoms with van der Waals surface area (Å²) < 4.78 is 4.11. The Balaban J connectivity index is 1.98. The molecule has 2 aromatic heterocycles. The molecule has 0 aromatic carbocycles. The Bertz CT molecular complexity index is 609. The summed E-state index contributed by atoms with van der Waals surface area (Å²) in [5, 5.41) is 4.56. The molecule has 2 unspecified atom stereocenters. The van der Waals surface area contributed by atoms with Gasteiger partial charge >= 0.3 is 0 Å². The fraction of sp³-hybridized carbons (Fsp3) is 0.733. The number of hydrogen-bond acceptors (Lipinski definition) is 3.